The van der Waals surface area contributed by atoms with Gasteiger partial charge in [0.1, 0.15) is 0 Å². The highest BCUT2D eigenvalue weighted by Crippen LogP contribution is 2.40. The molecule has 1 heteroatoms. The highest BCUT2D eigenvalue weighted by Gasteiger charge is 2.29. The third kappa shape index (κ3) is 6.07. The Balaban J connectivity index is 1.66. The van der Waals surface area contributed by atoms with Gasteiger partial charge in [-0.1, -0.05) is 39.3 Å². The zero-order chi connectivity index (χ0) is 15.9. The Morgan fingerprint density at radius 1 is 0.818 bits per heavy atom. The highest BCUT2D eigenvalue weighted by atomic mass is 16.3. The van der Waals surface area contributed by atoms with Crippen LogP contribution in [-0.4, -0.2) is 11.2 Å². The average Bonchev–Trinajstić information content (AvgIpc) is 2.52. The molecule has 0 aromatic carbocycles. The first-order valence-electron chi connectivity index (χ1n) is 9.91. The van der Waals surface area contributed by atoms with Crippen molar-refractivity contribution in [2.45, 2.75) is 91.1 Å². The van der Waals surface area contributed by atoms with Crippen LogP contribution in [0, 0.1) is 29.6 Å². The molecule has 2 aliphatic rings. The second kappa shape index (κ2) is 9.11. The maximum absolute atomic E-state index is 9.66. The molecule has 2 fully saturated rings. The standard InChI is InChI=1S/C21H38O/c1-16(2)4-5-17(3)6-7-18-8-10-19(11-9-18)20-12-14-21(22)15-13-20/h6-7,16-22H,4-5,8-15H2,1-3H3/b7-6+. The van der Waals surface area contributed by atoms with Gasteiger partial charge in [0.25, 0.3) is 0 Å². The summed E-state index contributed by atoms with van der Waals surface area (Å²) in [4.78, 5) is 0. The Bertz CT molecular complexity index is 317. The van der Waals surface area contributed by atoms with Crippen molar-refractivity contribution in [2.24, 2.45) is 29.6 Å². The summed E-state index contributed by atoms with van der Waals surface area (Å²) in [6, 6.07) is 0. The quantitative estimate of drug-likeness (QED) is 0.599. The van der Waals surface area contributed by atoms with Crippen LogP contribution in [0.25, 0.3) is 0 Å². The number of aliphatic hydroxyl groups excluding tert-OH is 1. The van der Waals surface area contributed by atoms with Gasteiger partial charge in [-0.3, -0.25) is 0 Å². The van der Waals surface area contributed by atoms with E-state index >= 15 is 0 Å². The third-order valence-electron chi connectivity index (χ3n) is 6.14. The molecule has 0 heterocycles. The van der Waals surface area contributed by atoms with Gasteiger partial charge in [-0.2, -0.15) is 0 Å². The van der Waals surface area contributed by atoms with Gasteiger partial charge in [0.15, 0.2) is 0 Å². The molecule has 22 heavy (non-hydrogen) atoms. The lowest BCUT2D eigenvalue weighted by Crippen LogP contribution is -2.27. The van der Waals surface area contributed by atoms with Gasteiger partial charge in [-0.15, -0.1) is 0 Å². The fourth-order valence-electron chi connectivity index (χ4n) is 4.42. The average molecular weight is 307 g/mol. The van der Waals surface area contributed by atoms with E-state index in [1.807, 2.05) is 0 Å². The van der Waals surface area contributed by atoms with Crippen LogP contribution in [0.1, 0.15) is 85.0 Å². The lowest BCUT2D eigenvalue weighted by atomic mass is 9.70. The monoisotopic (exact) mass is 306 g/mol. The fraction of sp³-hybridized carbons (Fsp3) is 0.905. The Morgan fingerprint density at radius 2 is 1.36 bits per heavy atom. The van der Waals surface area contributed by atoms with Gasteiger partial charge >= 0.3 is 0 Å². The zero-order valence-electron chi connectivity index (χ0n) is 15.1. The van der Waals surface area contributed by atoms with Crippen LogP contribution < -0.4 is 0 Å². The Hall–Kier alpha value is -0.300. The molecular weight excluding hydrogens is 268 g/mol. The minimum Gasteiger partial charge on any atom is -0.393 e. The summed E-state index contributed by atoms with van der Waals surface area (Å²) >= 11 is 0. The summed E-state index contributed by atoms with van der Waals surface area (Å²) in [5, 5.41) is 9.66. The van der Waals surface area contributed by atoms with Crippen LogP contribution in [0.4, 0.5) is 0 Å². The largest absolute Gasteiger partial charge is 0.393 e. The number of hydrogen-bond acceptors (Lipinski definition) is 1. The molecular formula is C21H38O. The van der Waals surface area contributed by atoms with Crippen molar-refractivity contribution in [1.29, 1.82) is 0 Å². The van der Waals surface area contributed by atoms with Crippen LogP contribution in [0.15, 0.2) is 12.2 Å². The zero-order valence-corrected chi connectivity index (χ0v) is 15.1. The number of hydrogen-bond donors (Lipinski definition) is 1. The fourth-order valence-corrected chi connectivity index (χ4v) is 4.42. The van der Waals surface area contributed by atoms with E-state index in [1.54, 1.807) is 0 Å². The molecule has 0 aromatic heterocycles. The number of aliphatic hydroxyl groups is 1. The molecule has 2 saturated carbocycles. The molecule has 1 unspecified atom stereocenters. The van der Waals surface area contributed by atoms with Gasteiger partial charge in [-0.25, -0.2) is 0 Å². The van der Waals surface area contributed by atoms with Crippen molar-refractivity contribution >= 4 is 0 Å². The predicted molar refractivity (Wildman–Crippen MR) is 95.8 cm³/mol. The third-order valence-corrected chi connectivity index (χ3v) is 6.14. The molecule has 1 N–H and O–H groups in total. The van der Waals surface area contributed by atoms with E-state index < -0.39 is 0 Å². The normalized spacial score (nSPS) is 35.1. The van der Waals surface area contributed by atoms with Crippen molar-refractivity contribution in [3.8, 4) is 0 Å². The first kappa shape index (κ1) is 18.0. The molecule has 0 amide bonds. The summed E-state index contributed by atoms with van der Waals surface area (Å²) in [7, 11) is 0. The molecule has 1 nitrogen and oxygen atoms in total. The molecule has 0 aromatic rings. The summed E-state index contributed by atoms with van der Waals surface area (Å²) in [5.74, 6) is 4.29. The first-order chi connectivity index (χ1) is 10.5. The van der Waals surface area contributed by atoms with E-state index in [2.05, 4.69) is 32.9 Å². The minimum atomic E-state index is 0.00264. The second-order valence-corrected chi connectivity index (χ2v) is 8.58. The van der Waals surface area contributed by atoms with Gasteiger partial charge in [0.2, 0.25) is 0 Å². The van der Waals surface area contributed by atoms with E-state index in [0.717, 1.165) is 42.4 Å². The maximum atomic E-state index is 9.66. The van der Waals surface area contributed by atoms with Crippen LogP contribution in [0.3, 0.4) is 0 Å². The van der Waals surface area contributed by atoms with Crippen molar-refractivity contribution < 1.29 is 5.11 Å². The molecule has 0 aliphatic heterocycles. The molecule has 2 rings (SSSR count). The number of rotatable bonds is 6. The van der Waals surface area contributed by atoms with E-state index in [0.29, 0.717) is 0 Å². The summed E-state index contributed by atoms with van der Waals surface area (Å²) in [5.41, 5.74) is 0. The van der Waals surface area contributed by atoms with Crippen LogP contribution in [0.2, 0.25) is 0 Å². The molecule has 0 bridgehead atoms. The molecule has 0 radical (unpaired) electrons. The smallest absolute Gasteiger partial charge is 0.0540 e. The van der Waals surface area contributed by atoms with Crippen molar-refractivity contribution in [1.82, 2.24) is 0 Å². The van der Waals surface area contributed by atoms with Crippen LogP contribution >= 0.6 is 0 Å². The molecule has 0 saturated heterocycles. The van der Waals surface area contributed by atoms with E-state index in [1.165, 1.54) is 51.4 Å². The Labute approximate surface area is 138 Å². The Kier molecular flexibility index (Phi) is 7.47. The predicted octanol–water partition coefficient (Wildman–Crippen LogP) is 5.97. The van der Waals surface area contributed by atoms with Gasteiger partial charge < -0.3 is 5.11 Å². The maximum Gasteiger partial charge on any atom is 0.0540 e. The summed E-state index contributed by atoms with van der Waals surface area (Å²) in [6.07, 6.45) is 18.0. The van der Waals surface area contributed by atoms with E-state index in [-0.39, 0.29) is 6.10 Å². The van der Waals surface area contributed by atoms with Crippen LogP contribution in [-0.2, 0) is 0 Å². The van der Waals surface area contributed by atoms with Crippen LogP contribution in [0.5, 0.6) is 0 Å². The summed E-state index contributed by atoms with van der Waals surface area (Å²) in [6.45, 7) is 7.02. The van der Waals surface area contributed by atoms with Crippen molar-refractivity contribution in [3.63, 3.8) is 0 Å². The molecule has 2 aliphatic carbocycles. The SMILES string of the molecule is CC(C)CCC(C)/C=C/C1CCC(C2CCC(O)CC2)CC1. The first-order valence-corrected chi connectivity index (χ1v) is 9.91. The topological polar surface area (TPSA) is 20.2 Å². The highest BCUT2D eigenvalue weighted by molar-refractivity contribution is 4.94. The minimum absolute atomic E-state index is 0.00264. The summed E-state index contributed by atoms with van der Waals surface area (Å²) < 4.78 is 0. The molecule has 128 valence electrons. The lowest BCUT2D eigenvalue weighted by molar-refractivity contribution is 0.0793. The van der Waals surface area contributed by atoms with Gasteiger partial charge in [-0.05, 0) is 87.4 Å². The molecule has 1 atom stereocenters. The van der Waals surface area contributed by atoms with E-state index in [9.17, 15) is 5.11 Å². The Morgan fingerprint density at radius 3 is 1.91 bits per heavy atom. The van der Waals surface area contributed by atoms with Gasteiger partial charge in [0, 0.05) is 0 Å². The lowest BCUT2D eigenvalue weighted by Gasteiger charge is -2.36. The molecule has 0 spiro atoms. The van der Waals surface area contributed by atoms with Gasteiger partial charge in [0.05, 0.1) is 6.10 Å². The second-order valence-electron chi connectivity index (χ2n) is 8.58. The van der Waals surface area contributed by atoms with E-state index in [4.69, 9.17) is 0 Å². The number of allylic oxidation sites excluding steroid dienone is 2. The van der Waals surface area contributed by atoms with Crippen molar-refractivity contribution in [2.75, 3.05) is 0 Å². The van der Waals surface area contributed by atoms with Crippen molar-refractivity contribution in [3.05, 3.63) is 12.2 Å².